The summed E-state index contributed by atoms with van der Waals surface area (Å²) in [5.41, 5.74) is 9.26. The Morgan fingerprint density at radius 1 is 1.04 bits per heavy atom. The first-order valence-electron chi connectivity index (χ1n) is 8.75. The fourth-order valence-corrected chi connectivity index (χ4v) is 3.05. The lowest BCUT2D eigenvalue weighted by Crippen LogP contribution is -2.38. The summed E-state index contributed by atoms with van der Waals surface area (Å²) in [6.07, 6.45) is 5.84. The minimum Gasteiger partial charge on any atom is -0.449 e. The zero-order valence-corrected chi connectivity index (χ0v) is 14.7. The minimum atomic E-state index is -0.180. The summed E-state index contributed by atoms with van der Waals surface area (Å²) in [6.45, 7) is 0.538. The van der Waals surface area contributed by atoms with E-state index in [2.05, 4.69) is 17.1 Å². The molecule has 0 fully saturated rings. The maximum absolute atomic E-state index is 13.1. The van der Waals surface area contributed by atoms with E-state index in [1.54, 1.807) is 41.6 Å². The lowest BCUT2D eigenvalue weighted by Gasteiger charge is -2.31. The molecule has 2 N–H and O–H groups in total. The molecule has 5 heteroatoms. The Balaban J connectivity index is 1.68. The predicted molar refractivity (Wildman–Crippen MR) is 106 cm³/mol. The van der Waals surface area contributed by atoms with Crippen LogP contribution < -0.4 is 15.4 Å². The number of hydrogen-bond acceptors (Lipinski definition) is 4. The van der Waals surface area contributed by atoms with Crippen LogP contribution in [0.1, 0.15) is 11.1 Å². The number of rotatable bonds is 4. The third-order valence-electron chi connectivity index (χ3n) is 4.42. The predicted octanol–water partition coefficient (Wildman–Crippen LogP) is 3.67. The van der Waals surface area contributed by atoms with Gasteiger partial charge < -0.3 is 15.4 Å². The summed E-state index contributed by atoms with van der Waals surface area (Å²) >= 11 is 0. The molecule has 4 rings (SSSR count). The first-order chi connectivity index (χ1) is 13.2. The van der Waals surface area contributed by atoms with Crippen LogP contribution in [0.3, 0.4) is 0 Å². The first kappa shape index (κ1) is 16.8. The Labute approximate surface area is 157 Å². The number of nitrogens with two attached hydrogens (primary N) is 1. The number of nitrogens with zero attached hydrogens (tertiary/aromatic N) is 2. The molecule has 134 valence electrons. The number of carbonyl (C=O) groups is 1. The van der Waals surface area contributed by atoms with E-state index in [1.165, 1.54) is 5.56 Å². The summed E-state index contributed by atoms with van der Waals surface area (Å²) in [5.74, 6) is 0.726. The zero-order chi connectivity index (χ0) is 18.6. The van der Waals surface area contributed by atoms with Gasteiger partial charge in [0.25, 0.3) is 5.91 Å². The molecule has 1 amide bonds. The van der Waals surface area contributed by atoms with Crippen molar-refractivity contribution in [2.45, 2.75) is 6.42 Å². The fourth-order valence-electron chi connectivity index (χ4n) is 3.05. The van der Waals surface area contributed by atoms with Gasteiger partial charge in [0, 0.05) is 24.6 Å². The van der Waals surface area contributed by atoms with E-state index in [4.69, 9.17) is 10.5 Å². The largest absolute Gasteiger partial charge is 0.449 e. The van der Waals surface area contributed by atoms with Crippen molar-refractivity contribution in [3.05, 3.63) is 89.9 Å². The molecule has 0 spiro atoms. The van der Waals surface area contributed by atoms with Crippen LogP contribution in [-0.4, -0.2) is 17.4 Å². The van der Waals surface area contributed by atoms with Crippen molar-refractivity contribution in [2.75, 3.05) is 17.2 Å². The van der Waals surface area contributed by atoms with Gasteiger partial charge in [-0.3, -0.25) is 9.78 Å². The van der Waals surface area contributed by atoms with E-state index in [0.29, 0.717) is 23.7 Å². The molecule has 0 bridgehead atoms. The van der Waals surface area contributed by atoms with Gasteiger partial charge in [-0.15, -0.1) is 0 Å². The second-order valence-electron chi connectivity index (χ2n) is 6.31. The summed E-state index contributed by atoms with van der Waals surface area (Å²) in [5, 5.41) is 0. The number of hydrogen-bond donors (Lipinski definition) is 1. The maximum atomic E-state index is 13.1. The van der Waals surface area contributed by atoms with E-state index in [-0.39, 0.29) is 11.7 Å². The number of amides is 1. The lowest BCUT2D eigenvalue weighted by molar-refractivity contribution is -0.117. The van der Waals surface area contributed by atoms with Crippen LogP contribution in [-0.2, 0) is 11.2 Å². The maximum Gasteiger partial charge on any atom is 0.294 e. The third-order valence-corrected chi connectivity index (χ3v) is 4.42. The molecule has 5 nitrogen and oxygen atoms in total. The van der Waals surface area contributed by atoms with E-state index >= 15 is 0 Å². The summed E-state index contributed by atoms with van der Waals surface area (Å²) in [6, 6.07) is 19.1. The molecule has 27 heavy (non-hydrogen) atoms. The number of aromatic nitrogens is 1. The molecule has 1 aliphatic rings. The normalized spacial score (nSPS) is 14.7. The first-order valence-corrected chi connectivity index (χ1v) is 8.75. The van der Waals surface area contributed by atoms with Gasteiger partial charge >= 0.3 is 0 Å². The average molecular weight is 357 g/mol. The Morgan fingerprint density at radius 2 is 1.81 bits per heavy atom. The molecule has 0 radical (unpaired) electrons. The van der Waals surface area contributed by atoms with Crippen molar-refractivity contribution < 1.29 is 9.53 Å². The second kappa shape index (κ2) is 7.33. The van der Waals surface area contributed by atoms with Gasteiger partial charge in [0.15, 0.2) is 11.5 Å². The monoisotopic (exact) mass is 357 g/mol. The molecule has 2 aromatic carbocycles. The van der Waals surface area contributed by atoms with Crippen molar-refractivity contribution in [2.24, 2.45) is 0 Å². The number of fused-ring (bicyclic) bond motifs is 1. The van der Waals surface area contributed by atoms with Crippen LogP contribution in [0.15, 0.2) is 78.8 Å². The van der Waals surface area contributed by atoms with Crippen molar-refractivity contribution in [3.8, 4) is 5.75 Å². The van der Waals surface area contributed by atoms with E-state index in [9.17, 15) is 4.79 Å². The van der Waals surface area contributed by atoms with Crippen LogP contribution in [0.2, 0.25) is 0 Å². The summed E-state index contributed by atoms with van der Waals surface area (Å²) in [4.78, 5) is 18.8. The van der Waals surface area contributed by atoms with Gasteiger partial charge in [0.1, 0.15) is 0 Å². The Bertz CT molecular complexity index is 985. The third kappa shape index (κ3) is 3.67. The molecule has 0 saturated heterocycles. The van der Waals surface area contributed by atoms with Crippen molar-refractivity contribution >= 4 is 23.4 Å². The number of nitrogen functional groups attached to an aromatic ring is 1. The van der Waals surface area contributed by atoms with Gasteiger partial charge in [-0.25, -0.2) is 0 Å². The average Bonchev–Trinajstić information content (AvgIpc) is 2.70. The standard InChI is InChI=1S/C22H19N3O2/c23-18-6-7-20-19(15-18)25(13-10-16-4-2-1-3-5-16)22(26)21(27-20)14-17-8-11-24-12-9-17/h1-9,11-12,14-15H,10,13,23H2/b21-14+. The summed E-state index contributed by atoms with van der Waals surface area (Å²) in [7, 11) is 0. The highest BCUT2D eigenvalue weighted by molar-refractivity contribution is 6.10. The quantitative estimate of drug-likeness (QED) is 0.571. The molecular formula is C22H19N3O2. The topological polar surface area (TPSA) is 68.5 Å². The van der Waals surface area contributed by atoms with Crippen LogP contribution in [0.25, 0.3) is 6.08 Å². The Hall–Kier alpha value is -3.60. The van der Waals surface area contributed by atoms with Gasteiger partial charge in [-0.1, -0.05) is 30.3 Å². The highest BCUT2D eigenvalue weighted by atomic mass is 16.5. The minimum absolute atomic E-state index is 0.180. The highest BCUT2D eigenvalue weighted by Crippen LogP contribution is 2.37. The number of carbonyl (C=O) groups excluding carboxylic acids is 1. The van der Waals surface area contributed by atoms with Gasteiger partial charge in [-0.05, 0) is 54.0 Å². The van der Waals surface area contributed by atoms with E-state index < -0.39 is 0 Å². The van der Waals surface area contributed by atoms with Crippen LogP contribution in [0.4, 0.5) is 11.4 Å². The molecule has 1 aromatic heterocycles. The lowest BCUT2D eigenvalue weighted by atomic mass is 10.1. The SMILES string of the molecule is Nc1ccc2c(c1)N(CCc1ccccc1)C(=O)/C(=C\c1ccncc1)O2. The van der Waals surface area contributed by atoms with E-state index in [1.807, 2.05) is 30.3 Å². The second-order valence-corrected chi connectivity index (χ2v) is 6.31. The van der Waals surface area contributed by atoms with Crippen LogP contribution in [0, 0.1) is 0 Å². The number of ether oxygens (including phenoxy) is 1. The Morgan fingerprint density at radius 3 is 2.59 bits per heavy atom. The molecule has 0 atom stereocenters. The van der Waals surface area contributed by atoms with Gasteiger partial charge in [-0.2, -0.15) is 0 Å². The molecule has 3 aromatic rings. The molecule has 0 saturated carbocycles. The summed E-state index contributed by atoms with van der Waals surface area (Å²) < 4.78 is 5.88. The van der Waals surface area contributed by atoms with Crippen LogP contribution >= 0.6 is 0 Å². The number of pyridine rings is 1. The fraction of sp³-hybridized carbons (Fsp3) is 0.0909. The Kier molecular flexibility index (Phi) is 4.58. The van der Waals surface area contributed by atoms with Gasteiger partial charge in [0.2, 0.25) is 0 Å². The molecule has 0 unspecified atom stereocenters. The number of benzene rings is 2. The van der Waals surface area contributed by atoms with Crippen LogP contribution in [0.5, 0.6) is 5.75 Å². The van der Waals surface area contributed by atoms with Gasteiger partial charge in [0.05, 0.1) is 5.69 Å². The molecular weight excluding hydrogens is 338 g/mol. The van der Waals surface area contributed by atoms with Crippen molar-refractivity contribution in [1.82, 2.24) is 4.98 Å². The molecule has 2 heterocycles. The van der Waals surface area contributed by atoms with Crippen molar-refractivity contribution in [3.63, 3.8) is 0 Å². The molecule has 0 aliphatic carbocycles. The van der Waals surface area contributed by atoms with E-state index in [0.717, 1.165) is 12.0 Å². The smallest absolute Gasteiger partial charge is 0.294 e. The number of anilines is 2. The highest BCUT2D eigenvalue weighted by Gasteiger charge is 2.30. The zero-order valence-electron chi connectivity index (χ0n) is 14.7. The molecule has 1 aliphatic heterocycles. The van der Waals surface area contributed by atoms with Crippen molar-refractivity contribution in [1.29, 1.82) is 0 Å².